The first-order valence-electron chi connectivity index (χ1n) is 6.78. The highest BCUT2D eigenvalue weighted by Gasteiger charge is 2.31. The Balaban J connectivity index is 2.13. The first kappa shape index (κ1) is 14.4. The van der Waals surface area contributed by atoms with E-state index in [4.69, 9.17) is 18.0 Å². The Bertz CT molecular complexity index is 423. The van der Waals surface area contributed by atoms with Crippen molar-refractivity contribution in [2.45, 2.75) is 37.8 Å². The van der Waals surface area contributed by atoms with Crippen LogP contribution in [0.1, 0.15) is 37.8 Å². The average molecular weight is 278 g/mol. The maximum absolute atomic E-state index is 10.0. The second kappa shape index (κ2) is 5.99. The summed E-state index contributed by atoms with van der Waals surface area (Å²) in [6.07, 6.45) is 2.29. The zero-order chi connectivity index (χ0) is 13.9. The van der Waals surface area contributed by atoms with Crippen LogP contribution in [0.5, 0.6) is 0 Å². The fourth-order valence-corrected chi connectivity index (χ4v) is 2.80. The molecule has 1 unspecified atom stereocenters. The standard InChI is InChI=1S/C15H22N2OS/c1-15(18)7-9-17(10-8-15)13(11-14(16)19)12-5-3-2-4-6-12/h2-6,13,18H,7-11H2,1H3,(H2,16,19). The molecule has 0 radical (unpaired) electrons. The smallest absolute Gasteiger partial charge is 0.0746 e. The van der Waals surface area contributed by atoms with Gasteiger partial charge in [0.15, 0.2) is 0 Å². The van der Waals surface area contributed by atoms with Crippen molar-refractivity contribution in [2.75, 3.05) is 13.1 Å². The molecule has 3 nitrogen and oxygen atoms in total. The fraction of sp³-hybridized carbons (Fsp3) is 0.533. The molecule has 1 fully saturated rings. The van der Waals surface area contributed by atoms with E-state index in [-0.39, 0.29) is 6.04 Å². The minimum atomic E-state index is -0.527. The lowest BCUT2D eigenvalue weighted by atomic mass is 9.91. The molecule has 1 aliphatic rings. The quantitative estimate of drug-likeness (QED) is 0.829. The molecule has 0 spiro atoms. The van der Waals surface area contributed by atoms with Crippen molar-refractivity contribution in [1.82, 2.24) is 4.90 Å². The van der Waals surface area contributed by atoms with E-state index in [9.17, 15) is 5.11 Å². The van der Waals surface area contributed by atoms with E-state index in [1.54, 1.807) is 0 Å². The highest BCUT2D eigenvalue weighted by Crippen LogP contribution is 2.30. The van der Waals surface area contributed by atoms with Gasteiger partial charge in [0.1, 0.15) is 0 Å². The van der Waals surface area contributed by atoms with Crippen LogP contribution in [0.25, 0.3) is 0 Å². The van der Waals surface area contributed by atoms with E-state index in [2.05, 4.69) is 17.0 Å². The Labute approximate surface area is 120 Å². The van der Waals surface area contributed by atoms with Crippen molar-refractivity contribution < 1.29 is 5.11 Å². The fourth-order valence-electron chi connectivity index (χ4n) is 2.64. The first-order valence-corrected chi connectivity index (χ1v) is 7.18. The maximum atomic E-state index is 10.0. The average Bonchev–Trinajstić information content (AvgIpc) is 2.37. The number of hydrogen-bond donors (Lipinski definition) is 2. The maximum Gasteiger partial charge on any atom is 0.0746 e. The number of rotatable bonds is 4. The van der Waals surface area contributed by atoms with Gasteiger partial charge in [-0.2, -0.15) is 0 Å². The molecule has 2 rings (SSSR count). The monoisotopic (exact) mass is 278 g/mol. The van der Waals surface area contributed by atoms with Crippen molar-refractivity contribution >= 4 is 17.2 Å². The summed E-state index contributed by atoms with van der Waals surface area (Å²) in [7, 11) is 0. The largest absolute Gasteiger partial charge is 0.393 e. The van der Waals surface area contributed by atoms with Crippen LogP contribution in [0.3, 0.4) is 0 Å². The Hall–Kier alpha value is -0.970. The molecule has 0 amide bonds. The van der Waals surface area contributed by atoms with Crippen LogP contribution in [-0.4, -0.2) is 33.7 Å². The van der Waals surface area contributed by atoms with Crippen LogP contribution >= 0.6 is 12.2 Å². The molecule has 19 heavy (non-hydrogen) atoms. The predicted molar refractivity (Wildman–Crippen MR) is 82.0 cm³/mol. The van der Waals surface area contributed by atoms with Crippen LogP contribution < -0.4 is 5.73 Å². The van der Waals surface area contributed by atoms with Gasteiger partial charge < -0.3 is 10.8 Å². The van der Waals surface area contributed by atoms with Gasteiger partial charge in [0.25, 0.3) is 0 Å². The highest BCUT2D eigenvalue weighted by atomic mass is 32.1. The van der Waals surface area contributed by atoms with Crippen LogP contribution in [0.4, 0.5) is 0 Å². The summed E-state index contributed by atoms with van der Waals surface area (Å²) >= 11 is 5.09. The third kappa shape index (κ3) is 4.00. The Morgan fingerprint density at radius 2 is 1.95 bits per heavy atom. The number of thiocarbonyl (C=S) groups is 1. The number of nitrogens with two attached hydrogens (primary N) is 1. The second-order valence-electron chi connectivity index (χ2n) is 5.63. The summed E-state index contributed by atoms with van der Waals surface area (Å²) in [6.45, 7) is 3.68. The molecule has 4 heteroatoms. The predicted octanol–water partition coefficient (Wildman–Crippen LogP) is 2.25. The van der Waals surface area contributed by atoms with Gasteiger partial charge in [0.2, 0.25) is 0 Å². The minimum Gasteiger partial charge on any atom is -0.393 e. The van der Waals surface area contributed by atoms with Crippen LogP contribution in [0, 0.1) is 0 Å². The zero-order valence-corrected chi connectivity index (χ0v) is 12.2. The van der Waals surface area contributed by atoms with Crippen LogP contribution in [0.15, 0.2) is 30.3 Å². The van der Waals surface area contributed by atoms with Gasteiger partial charge in [-0.05, 0) is 25.3 Å². The van der Waals surface area contributed by atoms with E-state index >= 15 is 0 Å². The van der Waals surface area contributed by atoms with E-state index in [0.717, 1.165) is 25.9 Å². The zero-order valence-electron chi connectivity index (χ0n) is 11.4. The number of nitrogens with zero attached hydrogens (tertiary/aromatic N) is 1. The topological polar surface area (TPSA) is 49.5 Å². The van der Waals surface area contributed by atoms with Crippen molar-refractivity contribution in [3.63, 3.8) is 0 Å². The van der Waals surface area contributed by atoms with E-state index in [1.807, 2.05) is 25.1 Å². The normalized spacial score (nSPS) is 20.9. The van der Waals surface area contributed by atoms with Gasteiger partial charge in [-0.3, -0.25) is 4.90 Å². The van der Waals surface area contributed by atoms with Crippen molar-refractivity contribution in [2.24, 2.45) is 5.73 Å². The molecule has 3 N–H and O–H groups in total. The molecule has 1 atom stereocenters. The van der Waals surface area contributed by atoms with Gasteiger partial charge in [-0.25, -0.2) is 0 Å². The molecular formula is C15H22N2OS. The third-order valence-corrected chi connectivity index (χ3v) is 4.06. The van der Waals surface area contributed by atoms with E-state index in [0.29, 0.717) is 11.4 Å². The van der Waals surface area contributed by atoms with Crippen molar-refractivity contribution in [3.05, 3.63) is 35.9 Å². The lowest BCUT2D eigenvalue weighted by Gasteiger charge is -2.40. The summed E-state index contributed by atoms with van der Waals surface area (Å²) in [5, 5.41) is 10.0. The number of hydrogen-bond acceptors (Lipinski definition) is 3. The number of aliphatic hydroxyl groups is 1. The molecule has 0 bridgehead atoms. The molecule has 1 aromatic carbocycles. The third-order valence-electron chi connectivity index (χ3n) is 3.89. The molecule has 0 aromatic heterocycles. The SMILES string of the molecule is CC1(O)CCN(C(CC(N)=S)c2ccccc2)CC1. The number of likely N-dealkylation sites (tertiary alicyclic amines) is 1. The summed E-state index contributed by atoms with van der Waals surface area (Å²) in [5.41, 5.74) is 6.47. The van der Waals surface area contributed by atoms with E-state index < -0.39 is 5.60 Å². The van der Waals surface area contributed by atoms with Crippen LogP contribution in [-0.2, 0) is 0 Å². The lowest BCUT2D eigenvalue weighted by Crippen LogP contribution is -2.44. The Morgan fingerprint density at radius 3 is 2.47 bits per heavy atom. The molecule has 1 aliphatic heterocycles. The Morgan fingerprint density at radius 1 is 1.37 bits per heavy atom. The molecule has 0 aliphatic carbocycles. The number of benzene rings is 1. The Kier molecular flexibility index (Phi) is 4.55. The van der Waals surface area contributed by atoms with Crippen molar-refractivity contribution in [1.29, 1.82) is 0 Å². The van der Waals surface area contributed by atoms with Gasteiger partial charge >= 0.3 is 0 Å². The van der Waals surface area contributed by atoms with Gasteiger partial charge in [0.05, 0.1) is 10.6 Å². The minimum absolute atomic E-state index is 0.231. The molecular weight excluding hydrogens is 256 g/mol. The molecule has 0 saturated carbocycles. The van der Waals surface area contributed by atoms with Crippen LogP contribution in [0.2, 0.25) is 0 Å². The number of piperidine rings is 1. The van der Waals surface area contributed by atoms with Gasteiger partial charge in [-0.1, -0.05) is 42.5 Å². The molecule has 1 heterocycles. The summed E-state index contributed by atoms with van der Waals surface area (Å²) in [5.74, 6) is 0. The van der Waals surface area contributed by atoms with Gasteiger partial charge in [0, 0.05) is 25.6 Å². The lowest BCUT2D eigenvalue weighted by molar-refractivity contribution is -0.0161. The highest BCUT2D eigenvalue weighted by molar-refractivity contribution is 7.80. The first-order chi connectivity index (χ1) is 8.98. The summed E-state index contributed by atoms with van der Waals surface area (Å²) in [6, 6.07) is 10.6. The summed E-state index contributed by atoms with van der Waals surface area (Å²) in [4.78, 5) is 2.93. The van der Waals surface area contributed by atoms with Crippen molar-refractivity contribution in [3.8, 4) is 0 Å². The molecule has 1 aromatic rings. The van der Waals surface area contributed by atoms with E-state index in [1.165, 1.54) is 5.56 Å². The molecule has 104 valence electrons. The second-order valence-corrected chi connectivity index (χ2v) is 6.15. The van der Waals surface area contributed by atoms with Gasteiger partial charge in [-0.15, -0.1) is 0 Å². The summed E-state index contributed by atoms with van der Waals surface area (Å²) < 4.78 is 0. The molecule has 1 saturated heterocycles.